The van der Waals surface area contributed by atoms with Gasteiger partial charge in [0.2, 0.25) is 0 Å². The number of amides is 1. The number of benzene rings is 1. The molecule has 3 rings (SSSR count). The summed E-state index contributed by atoms with van der Waals surface area (Å²) in [5, 5.41) is 5.71. The number of rotatable bonds is 8. The molecule has 6 nitrogen and oxygen atoms in total. The number of allylic oxidation sites excluding steroid dienone is 3. The van der Waals surface area contributed by atoms with Crippen molar-refractivity contribution in [3.05, 3.63) is 70.4 Å². The lowest BCUT2D eigenvalue weighted by molar-refractivity contribution is -0.138. The van der Waals surface area contributed by atoms with E-state index in [1.54, 1.807) is 31.0 Å². The number of halogens is 5. The van der Waals surface area contributed by atoms with E-state index in [2.05, 4.69) is 10.6 Å². The number of ether oxygens (including phenoxy) is 1. The zero-order chi connectivity index (χ0) is 25.3. The maximum absolute atomic E-state index is 14.0. The average Bonchev–Trinajstić information content (AvgIpc) is 3.05. The van der Waals surface area contributed by atoms with Crippen LogP contribution in [0.3, 0.4) is 0 Å². The molecule has 0 fully saturated rings. The fourth-order valence-corrected chi connectivity index (χ4v) is 3.69. The van der Waals surface area contributed by atoms with Crippen LogP contribution in [0.15, 0.2) is 53.2 Å². The minimum Gasteiger partial charge on any atom is -0.489 e. The largest absolute Gasteiger partial charge is 0.489 e. The van der Waals surface area contributed by atoms with Crippen molar-refractivity contribution in [2.75, 3.05) is 6.54 Å². The molecule has 186 valence electrons. The van der Waals surface area contributed by atoms with Gasteiger partial charge < -0.3 is 26.0 Å². The maximum atomic E-state index is 14.0. The number of alkyl halides is 3. The highest BCUT2D eigenvalue weighted by Crippen LogP contribution is 2.32. The molecule has 0 saturated heterocycles. The summed E-state index contributed by atoms with van der Waals surface area (Å²) in [5.74, 6) is -1.64. The Balaban J connectivity index is 1.68. The fourth-order valence-electron chi connectivity index (χ4n) is 3.69. The molecule has 0 saturated carbocycles. The average molecular weight is 486 g/mol. The molecule has 1 aromatic carbocycles. The first-order chi connectivity index (χ1) is 15.8. The van der Waals surface area contributed by atoms with Crippen LogP contribution < -0.4 is 16.4 Å². The van der Waals surface area contributed by atoms with E-state index in [4.69, 9.17) is 10.5 Å². The quantitative estimate of drug-likeness (QED) is 0.486. The van der Waals surface area contributed by atoms with Crippen LogP contribution in [0.1, 0.15) is 39.2 Å². The van der Waals surface area contributed by atoms with Crippen molar-refractivity contribution >= 4 is 5.91 Å². The molecule has 0 aromatic heterocycles. The third kappa shape index (κ3) is 6.07. The molecule has 2 unspecified atom stereocenters. The second kappa shape index (κ2) is 9.65. The summed E-state index contributed by atoms with van der Waals surface area (Å²) in [7, 11) is 0. The van der Waals surface area contributed by atoms with Crippen LogP contribution in [0.25, 0.3) is 0 Å². The van der Waals surface area contributed by atoms with Gasteiger partial charge >= 0.3 is 6.18 Å². The molecule has 2 heterocycles. The van der Waals surface area contributed by atoms with E-state index in [0.29, 0.717) is 11.5 Å². The van der Waals surface area contributed by atoms with Crippen molar-refractivity contribution < 1.29 is 31.5 Å². The summed E-state index contributed by atoms with van der Waals surface area (Å²) in [5.41, 5.74) is 5.92. The van der Waals surface area contributed by atoms with Crippen molar-refractivity contribution in [3.8, 4) is 0 Å². The van der Waals surface area contributed by atoms with Gasteiger partial charge in [-0.15, -0.1) is 0 Å². The molecular weight excluding hydrogens is 459 g/mol. The SMILES string of the molecule is CC1=CN2C(C(=O)NCC(C)(N)CCC(F)(F)F)=C(C)NC2C(OCc2c(F)cccc2F)=C1. The summed E-state index contributed by atoms with van der Waals surface area (Å²) in [4.78, 5) is 14.5. The lowest BCUT2D eigenvalue weighted by Gasteiger charge is -2.31. The second-order valence-corrected chi connectivity index (χ2v) is 8.79. The van der Waals surface area contributed by atoms with Gasteiger partial charge in [-0.1, -0.05) is 6.07 Å². The van der Waals surface area contributed by atoms with Gasteiger partial charge in [0.05, 0.1) is 5.56 Å². The third-order valence-corrected chi connectivity index (χ3v) is 5.52. The van der Waals surface area contributed by atoms with E-state index in [9.17, 15) is 26.7 Å². The van der Waals surface area contributed by atoms with Crippen LogP contribution in [0.4, 0.5) is 22.0 Å². The molecule has 2 aliphatic heterocycles. The Hall–Kier alpha value is -3.08. The Bertz CT molecular complexity index is 1030. The van der Waals surface area contributed by atoms with Crippen LogP contribution in [0.2, 0.25) is 0 Å². The number of nitrogens with one attached hydrogen (secondary N) is 2. The molecular formula is C23H27F5N4O2. The summed E-state index contributed by atoms with van der Waals surface area (Å²) >= 11 is 0. The smallest absolute Gasteiger partial charge is 0.389 e. The standard InChI is InChI=1S/C23H27F5N4O2/c1-13-9-18(34-11-15-16(24)5-4-6-17(15)25)20-31-14(2)19(32(20)10-13)21(33)30-12-22(3,29)7-8-23(26,27)28/h4-6,9-10,20,31H,7-8,11-12,29H2,1-3H3,(H,30,33). The predicted molar refractivity (Wildman–Crippen MR) is 115 cm³/mol. The van der Waals surface area contributed by atoms with Gasteiger partial charge in [0.1, 0.15) is 29.7 Å². The van der Waals surface area contributed by atoms with Gasteiger partial charge in [-0.3, -0.25) is 4.79 Å². The van der Waals surface area contributed by atoms with Gasteiger partial charge in [-0.2, -0.15) is 13.2 Å². The predicted octanol–water partition coefficient (Wildman–Crippen LogP) is 3.92. The van der Waals surface area contributed by atoms with E-state index in [-0.39, 0.29) is 30.8 Å². The number of fused-ring (bicyclic) bond motifs is 1. The van der Waals surface area contributed by atoms with Gasteiger partial charge in [-0.25, -0.2) is 8.78 Å². The molecule has 1 amide bonds. The van der Waals surface area contributed by atoms with E-state index in [1.165, 1.54) is 13.0 Å². The first-order valence-electron chi connectivity index (χ1n) is 10.6. The topological polar surface area (TPSA) is 79.6 Å². The Kier molecular flexibility index (Phi) is 7.25. The second-order valence-electron chi connectivity index (χ2n) is 8.79. The van der Waals surface area contributed by atoms with Crippen LogP contribution in [-0.4, -0.2) is 35.2 Å². The number of carbonyl (C=O) groups excluding carboxylic acids is 1. The Morgan fingerprint density at radius 2 is 1.85 bits per heavy atom. The van der Waals surface area contributed by atoms with Crippen molar-refractivity contribution in [2.45, 2.75) is 58.1 Å². The zero-order valence-corrected chi connectivity index (χ0v) is 19.0. The van der Waals surface area contributed by atoms with Gasteiger partial charge in [0.25, 0.3) is 5.91 Å². The number of carbonyl (C=O) groups is 1. The zero-order valence-electron chi connectivity index (χ0n) is 19.0. The summed E-state index contributed by atoms with van der Waals surface area (Å²) < 4.78 is 71.2. The molecule has 4 N–H and O–H groups in total. The minimum atomic E-state index is -4.34. The Labute approximate surface area is 194 Å². The van der Waals surface area contributed by atoms with Crippen molar-refractivity contribution in [3.63, 3.8) is 0 Å². The molecule has 0 bridgehead atoms. The number of nitrogens with zero attached hydrogens (tertiary/aromatic N) is 1. The van der Waals surface area contributed by atoms with Crippen LogP contribution in [0.5, 0.6) is 0 Å². The maximum Gasteiger partial charge on any atom is 0.389 e. The molecule has 2 aliphatic rings. The van der Waals surface area contributed by atoms with E-state index >= 15 is 0 Å². The highest BCUT2D eigenvalue weighted by atomic mass is 19.4. The highest BCUT2D eigenvalue weighted by Gasteiger charge is 2.38. The third-order valence-electron chi connectivity index (χ3n) is 5.52. The summed E-state index contributed by atoms with van der Waals surface area (Å²) in [6, 6.07) is 3.53. The molecule has 1 aromatic rings. The Morgan fingerprint density at radius 3 is 2.47 bits per heavy atom. The Morgan fingerprint density at radius 1 is 1.21 bits per heavy atom. The molecule has 11 heteroatoms. The number of hydrogen-bond acceptors (Lipinski definition) is 5. The van der Waals surface area contributed by atoms with Crippen LogP contribution >= 0.6 is 0 Å². The lowest BCUT2D eigenvalue weighted by atomic mass is 9.97. The van der Waals surface area contributed by atoms with Crippen molar-refractivity contribution in [1.82, 2.24) is 15.5 Å². The molecule has 0 radical (unpaired) electrons. The number of hydrogen-bond donors (Lipinski definition) is 3. The number of nitrogens with two attached hydrogens (primary N) is 1. The summed E-state index contributed by atoms with van der Waals surface area (Å²) in [6.45, 7) is 4.36. The first-order valence-corrected chi connectivity index (χ1v) is 10.6. The van der Waals surface area contributed by atoms with Crippen LogP contribution in [-0.2, 0) is 16.1 Å². The van der Waals surface area contributed by atoms with Crippen LogP contribution in [0, 0.1) is 11.6 Å². The van der Waals surface area contributed by atoms with Crippen molar-refractivity contribution in [1.29, 1.82) is 0 Å². The van der Waals surface area contributed by atoms with Gasteiger partial charge in [-0.05, 0) is 51.0 Å². The lowest BCUT2D eigenvalue weighted by Crippen LogP contribution is -2.49. The molecule has 0 aliphatic carbocycles. The van der Waals surface area contributed by atoms with Gasteiger partial charge in [0, 0.05) is 30.4 Å². The van der Waals surface area contributed by atoms with Crippen molar-refractivity contribution in [2.24, 2.45) is 5.73 Å². The molecule has 34 heavy (non-hydrogen) atoms. The highest BCUT2D eigenvalue weighted by molar-refractivity contribution is 5.94. The van der Waals surface area contributed by atoms with Gasteiger partial charge in [0.15, 0.2) is 6.17 Å². The van der Waals surface area contributed by atoms with E-state index in [0.717, 1.165) is 17.7 Å². The minimum absolute atomic E-state index is 0.161. The molecule has 0 spiro atoms. The molecule has 2 atom stereocenters. The first kappa shape index (κ1) is 25.5. The normalized spacial score (nSPS) is 19.7. The van der Waals surface area contributed by atoms with E-state index < -0.39 is 41.8 Å². The summed E-state index contributed by atoms with van der Waals surface area (Å²) in [6.07, 6.45) is -2.97. The fraction of sp³-hybridized carbons (Fsp3) is 0.435. The van der Waals surface area contributed by atoms with E-state index in [1.807, 2.05) is 0 Å². The monoisotopic (exact) mass is 486 g/mol.